The Balaban J connectivity index is 1.21. The average molecular weight is 481 g/mol. The first-order chi connectivity index (χ1) is 17.1. The summed E-state index contributed by atoms with van der Waals surface area (Å²) >= 11 is 0. The molecule has 10 nitrogen and oxygen atoms in total. The number of benzene rings is 2. The number of carbonyl (C=O) groups is 2. The number of hydrogen-bond acceptors (Lipinski definition) is 8. The summed E-state index contributed by atoms with van der Waals surface area (Å²) in [5.41, 5.74) is 1.37. The molecule has 2 aromatic carbocycles. The number of aromatic nitrogens is 1. The van der Waals surface area contributed by atoms with Crippen molar-refractivity contribution >= 4 is 17.5 Å². The smallest absolute Gasteiger partial charge is 0.273 e. The minimum absolute atomic E-state index is 0.117. The van der Waals surface area contributed by atoms with E-state index < -0.39 is 0 Å². The van der Waals surface area contributed by atoms with Gasteiger partial charge in [0.25, 0.3) is 11.8 Å². The number of nitrogens with zero attached hydrogens (tertiary/aromatic N) is 2. The molecule has 0 radical (unpaired) electrons. The number of rotatable bonds is 10. The molecule has 2 amide bonds. The number of ether oxygens (including phenoxy) is 3. The fraction of sp³-hybridized carbons (Fsp3) is 0.320. The van der Waals surface area contributed by atoms with Crippen molar-refractivity contribution in [1.82, 2.24) is 15.4 Å². The minimum Gasteiger partial charge on any atom is -0.497 e. The van der Waals surface area contributed by atoms with Gasteiger partial charge in [-0.3, -0.25) is 14.5 Å². The van der Waals surface area contributed by atoms with Gasteiger partial charge in [-0.15, -0.1) is 0 Å². The lowest BCUT2D eigenvalue weighted by atomic mass is 10.2. The molecule has 2 N–H and O–H groups in total. The van der Waals surface area contributed by atoms with Crippen molar-refractivity contribution in [3.8, 4) is 11.5 Å². The Morgan fingerprint density at radius 2 is 1.71 bits per heavy atom. The number of methoxy groups -OCH3 is 1. The lowest BCUT2D eigenvalue weighted by Crippen LogP contribution is -2.41. The largest absolute Gasteiger partial charge is 0.497 e. The van der Waals surface area contributed by atoms with Gasteiger partial charge in [-0.25, -0.2) is 0 Å². The molecule has 3 aromatic rings. The first-order valence-corrected chi connectivity index (χ1v) is 11.3. The fourth-order valence-electron chi connectivity index (χ4n) is 3.47. The predicted molar refractivity (Wildman–Crippen MR) is 128 cm³/mol. The molecule has 0 spiro atoms. The van der Waals surface area contributed by atoms with Crippen molar-refractivity contribution in [2.45, 2.75) is 6.61 Å². The zero-order valence-corrected chi connectivity index (χ0v) is 19.5. The van der Waals surface area contributed by atoms with E-state index in [1.165, 1.54) is 0 Å². The number of morpholine rings is 1. The zero-order chi connectivity index (χ0) is 24.5. The Bertz CT molecular complexity index is 1110. The van der Waals surface area contributed by atoms with Crippen molar-refractivity contribution in [2.24, 2.45) is 0 Å². The summed E-state index contributed by atoms with van der Waals surface area (Å²) in [5.74, 6) is 1.19. The van der Waals surface area contributed by atoms with Gasteiger partial charge in [-0.1, -0.05) is 5.16 Å². The van der Waals surface area contributed by atoms with Crippen LogP contribution < -0.4 is 20.1 Å². The van der Waals surface area contributed by atoms with Crippen molar-refractivity contribution in [3.05, 3.63) is 71.6 Å². The number of nitrogens with one attached hydrogen (secondary N) is 2. The van der Waals surface area contributed by atoms with E-state index in [9.17, 15) is 9.59 Å². The third-order valence-corrected chi connectivity index (χ3v) is 5.45. The van der Waals surface area contributed by atoms with Crippen LogP contribution in [0.4, 0.5) is 5.69 Å². The molecule has 184 valence electrons. The molecule has 10 heteroatoms. The normalized spacial score (nSPS) is 13.7. The van der Waals surface area contributed by atoms with Crippen LogP contribution >= 0.6 is 0 Å². The molecular weight excluding hydrogens is 452 g/mol. The minimum atomic E-state index is -0.287. The summed E-state index contributed by atoms with van der Waals surface area (Å²) < 4.78 is 21.3. The van der Waals surface area contributed by atoms with Crippen molar-refractivity contribution in [1.29, 1.82) is 0 Å². The molecule has 1 aromatic heterocycles. The lowest BCUT2D eigenvalue weighted by Gasteiger charge is -2.26. The van der Waals surface area contributed by atoms with E-state index in [0.29, 0.717) is 35.1 Å². The molecule has 0 saturated carbocycles. The lowest BCUT2D eigenvalue weighted by molar-refractivity contribution is 0.0383. The van der Waals surface area contributed by atoms with Gasteiger partial charge >= 0.3 is 0 Å². The summed E-state index contributed by atoms with van der Waals surface area (Å²) in [6.07, 6.45) is 0. The van der Waals surface area contributed by atoms with Crippen molar-refractivity contribution < 1.29 is 28.3 Å². The summed E-state index contributed by atoms with van der Waals surface area (Å²) in [6.45, 7) is 4.60. The van der Waals surface area contributed by atoms with E-state index in [-0.39, 0.29) is 24.1 Å². The highest BCUT2D eigenvalue weighted by atomic mass is 16.5. The van der Waals surface area contributed by atoms with Gasteiger partial charge in [-0.05, 0) is 48.5 Å². The van der Waals surface area contributed by atoms with Crippen LogP contribution in [-0.4, -0.2) is 68.4 Å². The Morgan fingerprint density at radius 3 is 2.43 bits per heavy atom. The SMILES string of the molecule is COc1ccc(C(=O)Nc2ccc(OCc3cc(C(=O)NCCN4CCOCC4)no3)cc2)cc1. The van der Waals surface area contributed by atoms with Gasteiger partial charge in [0.2, 0.25) is 0 Å². The topological polar surface area (TPSA) is 115 Å². The summed E-state index contributed by atoms with van der Waals surface area (Å²) in [5, 5.41) is 9.50. The second-order valence-electron chi connectivity index (χ2n) is 7.88. The van der Waals surface area contributed by atoms with Crippen LogP contribution in [0.25, 0.3) is 0 Å². The van der Waals surface area contributed by atoms with Crippen molar-refractivity contribution in [2.75, 3.05) is 51.8 Å². The highest BCUT2D eigenvalue weighted by molar-refractivity contribution is 6.04. The van der Waals surface area contributed by atoms with Gasteiger partial charge in [-0.2, -0.15) is 0 Å². The average Bonchev–Trinajstić information content (AvgIpc) is 3.38. The molecule has 0 atom stereocenters. The summed E-state index contributed by atoms with van der Waals surface area (Å²) in [6, 6.07) is 15.4. The van der Waals surface area contributed by atoms with Gasteiger partial charge in [0.1, 0.15) is 18.1 Å². The Morgan fingerprint density at radius 1 is 1.00 bits per heavy atom. The molecular formula is C25H28N4O6. The molecule has 4 rings (SSSR count). The van der Waals surface area contributed by atoms with E-state index in [1.54, 1.807) is 61.7 Å². The molecule has 1 aliphatic heterocycles. The van der Waals surface area contributed by atoms with Crippen LogP contribution in [0.2, 0.25) is 0 Å². The van der Waals surface area contributed by atoms with Gasteiger partial charge in [0.05, 0.1) is 20.3 Å². The molecule has 35 heavy (non-hydrogen) atoms. The van der Waals surface area contributed by atoms with E-state index in [1.807, 2.05) is 0 Å². The Kier molecular flexibility index (Phi) is 8.31. The van der Waals surface area contributed by atoms with E-state index in [0.717, 1.165) is 32.8 Å². The Labute approximate surface area is 203 Å². The predicted octanol–water partition coefficient (Wildman–Crippen LogP) is 2.58. The van der Waals surface area contributed by atoms with Crippen LogP contribution in [-0.2, 0) is 11.3 Å². The Hall–Kier alpha value is -3.89. The quantitative estimate of drug-likeness (QED) is 0.455. The van der Waals surface area contributed by atoms with Gasteiger partial charge in [0.15, 0.2) is 11.5 Å². The maximum absolute atomic E-state index is 12.4. The van der Waals surface area contributed by atoms with E-state index in [4.69, 9.17) is 18.7 Å². The highest BCUT2D eigenvalue weighted by Gasteiger charge is 2.14. The number of hydrogen-bond donors (Lipinski definition) is 2. The van der Waals surface area contributed by atoms with Crippen LogP contribution in [0.3, 0.4) is 0 Å². The molecule has 1 aliphatic rings. The van der Waals surface area contributed by atoms with Crippen LogP contribution in [0.15, 0.2) is 59.1 Å². The monoisotopic (exact) mass is 480 g/mol. The van der Waals surface area contributed by atoms with E-state index >= 15 is 0 Å². The third kappa shape index (κ3) is 7.05. The highest BCUT2D eigenvalue weighted by Crippen LogP contribution is 2.19. The van der Waals surface area contributed by atoms with Gasteiger partial charge in [0, 0.05) is 43.5 Å². The fourth-order valence-corrected chi connectivity index (χ4v) is 3.47. The number of amides is 2. The standard InChI is InChI=1S/C25H28N4O6/c1-32-20-6-2-18(3-7-20)24(30)27-19-4-8-21(9-5-19)34-17-22-16-23(28-35-22)25(31)26-10-11-29-12-14-33-15-13-29/h2-9,16H,10-15,17H2,1H3,(H,26,31)(H,27,30). The summed E-state index contributed by atoms with van der Waals surface area (Å²) in [7, 11) is 1.57. The number of carbonyl (C=O) groups excluding carboxylic acids is 2. The van der Waals surface area contributed by atoms with Crippen LogP contribution in [0.5, 0.6) is 11.5 Å². The first-order valence-electron chi connectivity index (χ1n) is 11.3. The maximum atomic E-state index is 12.4. The molecule has 0 unspecified atom stereocenters. The zero-order valence-electron chi connectivity index (χ0n) is 19.5. The third-order valence-electron chi connectivity index (χ3n) is 5.45. The number of anilines is 1. The van der Waals surface area contributed by atoms with Crippen LogP contribution in [0.1, 0.15) is 26.6 Å². The summed E-state index contributed by atoms with van der Waals surface area (Å²) in [4.78, 5) is 26.9. The second kappa shape index (κ2) is 12.0. The molecule has 1 saturated heterocycles. The first kappa shape index (κ1) is 24.2. The second-order valence-corrected chi connectivity index (χ2v) is 7.88. The van der Waals surface area contributed by atoms with Crippen LogP contribution in [0, 0.1) is 0 Å². The molecule has 0 aliphatic carbocycles. The molecule has 2 heterocycles. The van der Waals surface area contributed by atoms with Crippen molar-refractivity contribution in [3.63, 3.8) is 0 Å². The van der Waals surface area contributed by atoms with Gasteiger partial charge < -0.3 is 29.4 Å². The molecule has 1 fully saturated rings. The maximum Gasteiger partial charge on any atom is 0.273 e. The molecule has 0 bridgehead atoms. The van der Waals surface area contributed by atoms with E-state index in [2.05, 4.69) is 20.7 Å².